The second-order valence-corrected chi connectivity index (χ2v) is 4.72. The topological polar surface area (TPSA) is 35.0 Å². The molecular formula is C12H11BrN2O. The number of fused-ring (bicyclic) bond motifs is 1. The SMILES string of the molecule is COc1cccc2c(C3CC3)nc(Br)nc12. The molecule has 1 aromatic carbocycles. The van der Waals surface area contributed by atoms with E-state index in [1.54, 1.807) is 7.11 Å². The van der Waals surface area contributed by atoms with Crippen LogP contribution in [0.4, 0.5) is 0 Å². The summed E-state index contributed by atoms with van der Waals surface area (Å²) in [5.74, 6) is 1.41. The van der Waals surface area contributed by atoms with Gasteiger partial charge in [-0.15, -0.1) is 0 Å². The van der Waals surface area contributed by atoms with E-state index in [1.165, 1.54) is 12.8 Å². The minimum absolute atomic E-state index is 0.605. The number of benzene rings is 1. The molecule has 0 amide bonds. The first-order chi connectivity index (χ1) is 7.79. The van der Waals surface area contributed by atoms with Crippen LogP contribution in [0.3, 0.4) is 0 Å². The number of hydrogen-bond acceptors (Lipinski definition) is 3. The molecule has 0 bridgehead atoms. The monoisotopic (exact) mass is 278 g/mol. The molecule has 3 rings (SSSR count). The van der Waals surface area contributed by atoms with Crippen molar-refractivity contribution >= 4 is 26.8 Å². The van der Waals surface area contributed by atoms with Gasteiger partial charge in [-0.1, -0.05) is 12.1 Å². The van der Waals surface area contributed by atoms with E-state index >= 15 is 0 Å². The molecule has 1 fully saturated rings. The Kier molecular flexibility index (Phi) is 2.32. The Morgan fingerprint density at radius 2 is 2.12 bits per heavy atom. The second-order valence-electron chi connectivity index (χ2n) is 4.01. The van der Waals surface area contributed by atoms with Crippen molar-refractivity contribution in [2.45, 2.75) is 18.8 Å². The van der Waals surface area contributed by atoms with Gasteiger partial charge < -0.3 is 4.74 Å². The zero-order chi connectivity index (χ0) is 11.1. The average molecular weight is 279 g/mol. The summed E-state index contributed by atoms with van der Waals surface area (Å²) in [5, 5.41) is 1.12. The standard InChI is InChI=1S/C12H11BrN2O/c1-16-9-4-2-3-8-10(7-5-6-7)14-12(13)15-11(8)9/h2-4,7H,5-6H2,1H3. The minimum atomic E-state index is 0.605. The summed E-state index contributed by atoms with van der Waals surface area (Å²) in [6.45, 7) is 0. The van der Waals surface area contributed by atoms with Gasteiger partial charge in [-0.2, -0.15) is 0 Å². The smallest absolute Gasteiger partial charge is 0.197 e. The molecule has 1 aliphatic carbocycles. The van der Waals surface area contributed by atoms with Gasteiger partial charge in [0.1, 0.15) is 11.3 Å². The van der Waals surface area contributed by atoms with E-state index in [0.717, 1.165) is 22.3 Å². The molecule has 0 radical (unpaired) electrons. The lowest BCUT2D eigenvalue weighted by atomic mass is 10.1. The molecule has 0 spiro atoms. The molecule has 3 nitrogen and oxygen atoms in total. The maximum Gasteiger partial charge on any atom is 0.197 e. The summed E-state index contributed by atoms with van der Waals surface area (Å²) in [7, 11) is 1.67. The van der Waals surface area contributed by atoms with Crippen LogP contribution >= 0.6 is 15.9 Å². The van der Waals surface area contributed by atoms with E-state index in [9.17, 15) is 0 Å². The van der Waals surface area contributed by atoms with Gasteiger partial charge in [0.2, 0.25) is 0 Å². The molecule has 1 heterocycles. The van der Waals surface area contributed by atoms with Gasteiger partial charge in [0, 0.05) is 11.3 Å². The Balaban J connectivity index is 2.33. The van der Waals surface area contributed by atoms with Crippen LogP contribution in [0.2, 0.25) is 0 Å². The Hall–Kier alpha value is -1.16. The molecule has 0 unspecified atom stereocenters. The summed E-state index contributed by atoms with van der Waals surface area (Å²) in [6.07, 6.45) is 2.46. The number of hydrogen-bond donors (Lipinski definition) is 0. The zero-order valence-electron chi connectivity index (χ0n) is 8.90. The van der Waals surface area contributed by atoms with Crippen LogP contribution < -0.4 is 4.74 Å². The lowest BCUT2D eigenvalue weighted by Gasteiger charge is -2.08. The number of aromatic nitrogens is 2. The number of rotatable bonds is 2. The summed E-state index contributed by atoms with van der Waals surface area (Å²) in [5.41, 5.74) is 2.05. The molecule has 82 valence electrons. The van der Waals surface area contributed by atoms with Gasteiger partial charge in [0.25, 0.3) is 0 Å². The van der Waals surface area contributed by atoms with Crippen LogP contribution in [0, 0.1) is 0 Å². The molecule has 1 aliphatic rings. The van der Waals surface area contributed by atoms with Crippen molar-refractivity contribution < 1.29 is 4.74 Å². The molecule has 4 heteroatoms. The van der Waals surface area contributed by atoms with Crippen molar-refractivity contribution in [3.05, 3.63) is 28.6 Å². The fraction of sp³-hybridized carbons (Fsp3) is 0.333. The third-order valence-corrected chi connectivity index (χ3v) is 3.23. The van der Waals surface area contributed by atoms with Crippen molar-refractivity contribution in [1.82, 2.24) is 9.97 Å². The highest BCUT2D eigenvalue weighted by Crippen LogP contribution is 2.43. The van der Waals surface area contributed by atoms with Crippen LogP contribution in [0.15, 0.2) is 22.9 Å². The zero-order valence-corrected chi connectivity index (χ0v) is 10.5. The maximum absolute atomic E-state index is 5.33. The first-order valence-electron chi connectivity index (χ1n) is 5.29. The van der Waals surface area contributed by atoms with Gasteiger partial charge in [-0.3, -0.25) is 0 Å². The molecule has 1 saturated carbocycles. The molecule has 1 aromatic heterocycles. The van der Waals surface area contributed by atoms with E-state index in [-0.39, 0.29) is 0 Å². The predicted octanol–water partition coefficient (Wildman–Crippen LogP) is 3.28. The Morgan fingerprint density at radius 3 is 2.81 bits per heavy atom. The molecule has 16 heavy (non-hydrogen) atoms. The van der Waals surface area contributed by atoms with E-state index in [2.05, 4.69) is 32.0 Å². The summed E-state index contributed by atoms with van der Waals surface area (Å²) < 4.78 is 5.97. The van der Waals surface area contributed by atoms with E-state index in [1.807, 2.05) is 12.1 Å². The minimum Gasteiger partial charge on any atom is -0.494 e. The van der Waals surface area contributed by atoms with Crippen LogP contribution in [0.1, 0.15) is 24.5 Å². The van der Waals surface area contributed by atoms with E-state index < -0.39 is 0 Å². The fourth-order valence-electron chi connectivity index (χ4n) is 1.95. The Labute approximate surface area is 102 Å². The van der Waals surface area contributed by atoms with Crippen LogP contribution in [-0.2, 0) is 0 Å². The Bertz CT molecular complexity index is 552. The first-order valence-corrected chi connectivity index (χ1v) is 6.09. The van der Waals surface area contributed by atoms with Gasteiger partial charge in [-0.05, 0) is 34.8 Å². The number of halogens is 1. The highest BCUT2D eigenvalue weighted by atomic mass is 79.9. The van der Waals surface area contributed by atoms with Crippen molar-refractivity contribution in [1.29, 1.82) is 0 Å². The van der Waals surface area contributed by atoms with Gasteiger partial charge in [0.15, 0.2) is 4.73 Å². The van der Waals surface area contributed by atoms with Crippen LogP contribution in [0.5, 0.6) is 5.75 Å². The highest BCUT2D eigenvalue weighted by molar-refractivity contribution is 9.10. The van der Waals surface area contributed by atoms with Gasteiger partial charge >= 0.3 is 0 Å². The summed E-state index contributed by atoms with van der Waals surface area (Å²) in [4.78, 5) is 8.89. The largest absolute Gasteiger partial charge is 0.494 e. The molecule has 0 atom stereocenters. The number of para-hydroxylation sites is 1. The lowest BCUT2D eigenvalue weighted by Crippen LogP contribution is -1.96. The number of methoxy groups -OCH3 is 1. The predicted molar refractivity (Wildman–Crippen MR) is 65.8 cm³/mol. The van der Waals surface area contributed by atoms with E-state index in [4.69, 9.17) is 4.74 Å². The maximum atomic E-state index is 5.33. The second kappa shape index (κ2) is 3.70. The van der Waals surface area contributed by atoms with E-state index in [0.29, 0.717) is 10.7 Å². The van der Waals surface area contributed by atoms with Crippen molar-refractivity contribution in [2.24, 2.45) is 0 Å². The highest BCUT2D eigenvalue weighted by Gasteiger charge is 2.28. The summed E-state index contributed by atoms with van der Waals surface area (Å²) in [6, 6.07) is 5.99. The third kappa shape index (κ3) is 1.57. The normalized spacial score (nSPS) is 15.4. The number of nitrogens with zero attached hydrogens (tertiary/aromatic N) is 2. The number of ether oxygens (including phenoxy) is 1. The third-order valence-electron chi connectivity index (χ3n) is 2.88. The first kappa shape index (κ1) is 10.0. The molecule has 0 N–H and O–H groups in total. The Morgan fingerprint density at radius 1 is 1.31 bits per heavy atom. The van der Waals surface area contributed by atoms with Gasteiger partial charge in [-0.25, -0.2) is 9.97 Å². The average Bonchev–Trinajstić information content (AvgIpc) is 3.11. The molecule has 2 aromatic rings. The van der Waals surface area contributed by atoms with Crippen molar-refractivity contribution in [3.8, 4) is 5.75 Å². The van der Waals surface area contributed by atoms with Gasteiger partial charge in [0.05, 0.1) is 12.8 Å². The molecule has 0 aliphatic heterocycles. The van der Waals surface area contributed by atoms with Crippen LogP contribution in [0.25, 0.3) is 10.9 Å². The quantitative estimate of drug-likeness (QED) is 0.791. The summed E-state index contributed by atoms with van der Waals surface area (Å²) >= 11 is 3.36. The fourth-order valence-corrected chi connectivity index (χ4v) is 2.32. The van der Waals surface area contributed by atoms with Crippen molar-refractivity contribution in [3.63, 3.8) is 0 Å². The molecule has 0 saturated heterocycles. The van der Waals surface area contributed by atoms with Crippen LogP contribution in [-0.4, -0.2) is 17.1 Å². The van der Waals surface area contributed by atoms with Crippen molar-refractivity contribution in [2.75, 3.05) is 7.11 Å². The molecular weight excluding hydrogens is 268 g/mol. The lowest BCUT2D eigenvalue weighted by molar-refractivity contribution is 0.418.